The molecule has 2 heterocycles. The number of benzene rings is 1. The van der Waals surface area contributed by atoms with E-state index >= 15 is 0 Å². The van der Waals surface area contributed by atoms with Gasteiger partial charge in [-0.05, 0) is 11.1 Å². The number of fused-ring (bicyclic) bond motifs is 1. The Morgan fingerprint density at radius 2 is 1.94 bits per heavy atom. The van der Waals surface area contributed by atoms with Crippen LogP contribution in [0.2, 0.25) is 0 Å². The van der Waals surface area contributed by atoms with Crippen LogP contribution in [0.25, 0.3) is 20.9 Å². The van der Waals surface area contributed by atoms with Gasteiger partial charge >= 0.3 is 0 Å². The van der Waals surface area contributed by atoms with E-state index in [2.05, 4.69) is 10.0 Å². The second-order valence-corrected chi connectivity index (χ2v) is 4.57. The molecule has 0 aliphatic carbocycles. The van der Waals surface area contributed by atoms with Crippen LogP contribution in [0.15, 0.2) is 34.8 Å². The predicted octanol–water partition coefficient (Wildman–Crippen LogP) is 4.13. The van der Waals surface area contributed by atoms with Crippen molar-refractivity contribution in [1.29, 1.82) is 0 Å². The van der Waals surface area contributed by atoms with Gasteiger partial charge in [-0.25, -0.2) is 0 Å². The van der Waals surface area contributed by atoms with Gasteiger partial charge < -0.3 is 9.47 Å². The Kier molecular flexibility index (Phi) is 2.80. The van der Waals surface area contributed by atoms with Crippen LogP contribution in [-0.2, 0) is 0 Å². The molecular weight excluding hydrogens is 250 g/mol. The van der Waals surface area contributed by atoms with Crippen LogP contribution in [0.4, 0.5) is 5.69 Å². The summed E-state index contributed by atoms with van der Waals surface area (Å²) in [4.78, 5) is 3.79. The third-order valence-electron chi connectivity index (χ3n) is 2.59. The number of hydrogen-bond acceptors (Lipinski definition) is 4. The van der Waals surface area contributed by atoms with Gasteiger partial charge in [0.15, 0.2) is 11.5 Å². The third kappa shape index (κ3) is 1.88. The van der Waals surface area contributed by atoms with Gasteiger partial charge in [-0.1, -0.05) is 29.4 Å². The van der Waals surface area contributed by atoms with Gasteiger partial charge in [0, 0.05) is 16.0 Å². The molecule has 6 heteroatoms. The molecule has 2 aromatic rings. The zero-order valence-electron chi connectivity index (χ0n) is 9.37. The van der Waals surface area contributed by atoms with Crippen molar-refractivity contribution in [2.75, 3.05) is 13.2 Å². The first-order chi connectivity index (χ1) is 8.88. The molecular formula is C12H9N3O2S. The van der Waals surface area contributed by atoms with E-state index in [0.717, 1.165) is 21.9 Å². The van der Waals surface area contributed by atoms with Crippen molar-refractivity contribution < 1.29 is 9.47 Å². The molecule has 0 saturated carbocycles. The highest BCUT2D eigenvalue weighted by atomic mass is 32.1. The molecule has 0 N–H and O–H groups in total. The van der Waals surface area contributed by atoms with Crippen molar-refractivity contribution in [3.63, 3.8) is 0 Å². The summed E-state index contributed by atoms with van der Waals surface area (Å²) >= 11 is 1.58. The highest BCUT2D eigenvalue weighted by Crippen LogP contribution is 2.45. The molecule has 0 atom stereocenters. The van der Waals surface area contributed by atoms with Crippen LogP contribution in [-0.4, -0.2) is 13.2 Å². The van der Waals surface area contributed by atoms with Crippen LogP contribution in [0.3, 0.4) is 0 Å². The SMILES string of the molecule is [N-]=[N+]=Nc1ccc(-c2scc3c2OCCO3)cc1. The monoisotopic (exact) mass is 259 g/mol. The fraction of sp³-hybridized carbons (Fsp3) is 0.167. The van der Waals surface area contributed by atoms with Crippen molar-refractivity contribution in [3.8, 4) is 21.9 Å². The number of azide groups is 1. The lowest BCUT2D eigenvalue weighted by Gasteiger charge is -2.16. The van der Waals surface area contributed by atoms with E-state index in [9.17, 15) is 0 Å². The Balaban J connectivity index is 1.99. The van der Waals surface area contributed by atoms with Crippen molar-refractivity contribution in [2.45, 2.75) is 0 Å². The molecule has 0 fully saturated rings. The zero-order chi connectivity index (χ0) is 12.4. The van der Waals surface area contributed by atoms with E-state index in [-0.39, 0.29) is 0 Å². The number of rotatable bonds is 2. The Morgan fingerprint density at radius 3 is 2.72 bits per heavy atom. The number of hydrogen-bond donors (Lipinski definition) is 0. The van der Waals surface area contributed by atoms with Gasteiger partial charge in [-0.2, -0.15) is 0 Å². The number of ether oxygens (including phenoxy) is 2. The Bertz CT molecular complexity index is 615. The minimum absolute atomic E-state index is 0.577. The second kappa shape index (κ2) is 4.60. The molecule has 90 valence electrons. The van der Waals surface area contributed by atoms with E-state index in [1.165, 1.54) is 0 Å². The van der Waals surface area contributed by atoms with Crippen LogP contribution >= 0.6 is 11.3 Å². The lowest BCUT2D eigenvalue weighted by molar-refractivity contribution is 0.174. The quantitative estimate of drug-likeness (QED) is 0.462. The molecule has 0 amide bonds. The predicted molar refractivity (Wildman–Crippen MR) is 69.6 cm³/mol. The second-order valence-electron chi connectivity index (χ2n) is 3.69. The molecule has 1 aromatic heterocycles. The van der Waals surface area contributed by atoms with Gasteiger partial charge in [0.1, 0.15) is 13.2 Å². The van der Waals surface area contributed by atoms with E-state index < -0.39 is 0 Å². The maximum atomic E-state index is 8.35. The van der Waals surface area contributed by atoms with E-state index in [1.807, 2.05) is 17.5 Å². The maximum absolute atomic E-state index is 8.35. The van der Waals surface area contributed by atoms with Crippen molar-refractivity contribution in [3.05, 3.63) is 40.1 Å². The average Bonchev–Trinajstić information content (AvgIpc) is 2.84. The normalized spacial score (nSPS) is 12.9. The first-order valence-electron chi connectivity index (χ1n) is 5.41. The minimum atomic E-state index is 0.577. The molecule has 1 aliphatic heterocycles. The summed E-state index contributed by atoms with van der Waals surface area (Å²) in [6, 6.07) is 7.39. The highest BCUT2D eigenvalue weighted by molar-refractivity contribution is 7.14. The standard InChI is InChI=1S/C12H9N3O2S/c13-15-14-9-3-1-8(2-4-9)12-11-10(7-18-12)16-5-6-17-11/h1-4,7H,5-6H2. The van der Waals surface area contributed by atoms with Gasteiger partial charge in [0.05, 0.1) is 4.88 Å². The van der Waals surface area contributed by atoms with Crippen LogP contribution in [0, 0.1) is 0 Å². The van der Waals surface area contributed by atoms with Gasteiger partial charge in [-0.15, -0.1) is 11.3 Å². The van der Waals surface area contributed by atoms with Crippen molar-refractivity contribution >= 4 is 17.0 Å². The maximum Gasteiger partial charge on any atom is 0.179 e. The Labute approximate surface area is 107 Å². The summed E-state index contributed by atoms with van der Waals surface area (Å²) < 4.78 is 11.1. The molecule has 5 nitrogen and oxygen atoms in total. The summed E-state index contributed by atoms with van der Waals surface area (Å²) in [6.07, 6.45) is 0. The van der Waals surface area contributed by atoms with E-state index in [1.54, 1.807) is 23.5 Å². The Hall–Kier alpha value is -2.17. The highest BCUT2D eigenvalue weighted by Gasteiger charge is 2.19. The van der Waals surface area contributed by atoms with Crippen LogP contribution < -0.4 is 9.47 Å². The summed E-state index contributed by atoms with van der Waals surface area (Å²) in [5.74, 6) is 1.61. The number of nitrogens with zero attached hydrogens (tertiary/aromatic N) is 3. The molecule has 1 aromatic carbocycles. The van der Waals surface area contributed by atoms with Crippen molar-refractivity contribution in [2.24, 2.45) is 5.11 Å². The first-order valence-corrected chi connectivity index (χ1v) is 6.29. The lowest BCUT2D eigenvalue weighted by Crippen LogP contribution is -2.14. The molecule has 0 unspecified atom stereocenters. The largest absolute Gasteiger partial charge is 0.485 e. The van der Waals surface area contributed by atoms with Crippen molar-refractivity contribution in [1.82, 2.24) is 0 Å². The van der Waals surface area contributed by atoms with Gasteiger partial charge in [0.2, 0.25) is 0 Å². The molecule has 0 spiro atoms. The fourth-order valence-corrected chi connectivity index (χ4v) is 2.73. The third-order valence-corrected chi connectivity index (χ3v) is 3.58. The smallest absolute Gasteiger partial charge is 0.179 e. The molecule has 0 bridgehead atoms. The zero-order valence-corrected chi connectivity index (χ0v) is 10.2. The number of thiophene rings is 1. The average molecular weight is 259 g/mol. The lowest BCUT2D eigenvalue weighted by atomic mass is 10.1. The minimum Gasteiger partial charge on any atom is -0.485 e. The summed E-state index contributed by atoms with van der Waals surface area (Å²) in [5.41, 5.74) is 9.99. The van der Waals surface area contributed by atoms with Gasteiger partial charge in [-0.3, -0.25) is 0 Å². The van der Waals surface area contributed by atoms with E-state index in [0.29, 0.717) is 18.9 Å². The van der Waals surface area contributed by atoms with Crippen LogP contribution in [0.1, 0.15) is 0 Å². The van der Waals surface area contributed by atoms with E-state index in [4.69, 9.17) is 15.0 Å². The first kappa shape index (κ1) is 11.0. The van der Waals surface area contributed by atoms with Crippen LogP contribution in [0.5, 0.6) is 11.5 Å². The molecule has 0 radical (unpaired) electrons. The molecule has 0 saturated heterocycles. The summed E-state index contributed by atoms with van der Waals surface area (Å²) in [7, 11) is 0. The summed E-state index contributed by atoms with van der Waals surface area (Å²) in [6.45, 7) is 1.17. The Morgan fingerprint density at radius 1 is 1.17 bits per heavy atom. The molecule has 18 heavy (non-hydrogen) atoms. The topological polar surface area (TPSA) is 67.2 Å². The molecule has 3 rings (SSSR count). The molecule has 1 aliphatic rings. The van der Waals surface area contributed by atoms with Gasteiger partial charge in [0.25, 0.3) is 0 Å². The fourth-order valence-electron chi connectivity index (χ4n) is 1.79. The summed E-state index contributed by atoms with van der Waals surface area (Å²) in [5, 5.41) is 5.49.